The topological polar surface area (TPSA) is 18.5 Å². The Morgan fingerprint density at radius 2 is 0.857 bits per heavy atom. The fourth-order valence-electron chi connectivity index (χ4n) is 4.23. The molecule has 0 aliphatic rings. The lowest BCUT2D eigenvalue weighted by Crippen LogP contribution is -2.40. The van der Waals surface area contributed by atoms with Gasteiger partial charge in [0.2, 0.25) is 0 Å². The van der Waals surface area contributed by atoms with Gasteiger partial charge < -0.3 is 9.47 Å². The first-order chi connectivity index (χ1) is 16.4. The number of hydrogen-bond acceptors (Lipinski definition) is 2. The van der Waals surface area contributed by atoms with Gasteiger partial charge in [0, 0.05) is 5.41 Å². The summed E-state index contributed by atoms with van der Waals surface area (Å²) < 4.78 is 12.6. The van der Waals surface area contributed by atoms with Gasteiger partial charge in [-0.1, -0.05) is 116 Å². The van der Waals surface area contributed by atoms with Gasteiger partial charge in [0.15, 0.2) is 0 Å². The van der Waals surface area contributed by atoms with Crippen molar-refractivity contribution in [1.82, 2.24) is 0 Å². The van der Waals surface area contributed by atoms with E-state index in [-0.39, 0.29) is 5.41 Å². The van der Waals surface area contributed by atoms with E-state index in [1.807, 2.05) is 12.2 Å². The van der Waals surface area contributed by atoms with E-state index >= 15 is 0 Å². The molecule has 0 bridgehead atoms. The number of hydrogen-bond donors (Lipinski definition) is 0. The second-order valence-electron chi connectivity index (χ2n) is 10.6. The van der Waals surface area contributed by atoms with E-state index in [1.54, 1.807) is 0 Å². The highest BCUT2D eigenvalue weighted by molar-refractivity contribution is 6.76. The zero-order chi connectivity index (χ0) is 26.5. The maximum Gasteiger partial charge on any atom is 0.117 e. The monoisotopic (exact) mass is 536 g/mol. The van der Waals surface area contributed by atoms with Crippen LogP contribution >= 0.6 is 0 Å². The summed E-state index contributed by atoms with van der Waals surface area (Å²) in [6, 6.07) is 9.76. The largest absolute Gasteiger partial charge is 0.490 e. The average Bonchev–Trinajstić information content (AvgIpc) is 2.79. The molecule has 0 fully saturated rings. The quantitative estimate of drug-likeness (QED) is 0.281. The molecule has 0 spiro atoms. The molecule has 35 heavy (non-hydrogen) atoms. The lowest BCUT2D eigenvalue weighted by atomic mass is 9.78. The third kappa shape index (κ3) is 6.79. The number of benzene rings is 2. The summed E-state index contributed by atoms with van der Waals surface area (Å²) in [6.45, 7) is 32.6. The van der Waals surface area contributed by atoms with Crippen molar-refractivity contribution in [3.63, 3.8) is 0 Å². The van der Waals surface area contributed by atoms with E-state index in [4.69, 9.17) is 9.47 Å². The first-order valence-electron chi connectivity index (χ1n) is 12.4. The van der Waals surface area contributed by atoms with Crippen LogP contribution in [0.1, 0.15) is 25.0 Å². The smallest absolute Gasteiger partial charge is 0.117 e. The third-order valence-corrected chi connectivity index (χ3v) is 12.3. The molecule has 2 rings (SSSR count). The molecule has 6 heteroatoms. The van der Waals surface area contributed by atoms with Crippen molar-refractivity contribution in [3.8, 4) is 11.5 Å². The summed E-state index contributed by atoms with van der Waals surface area (Å²) >= 11 is 0. The normalized spacial score (nSPS) is 12.1. The molecule has 0 unspecified atom stereocenters. The molecule has 0 N–H and O–H groups in total. The minimum absolute atomic E-state index is 0.121. The highest BCUT2D eigenvalue weighted by Crippen LogP contribution is 2.32. The molecular weight excluding hydrogens is 493 g/mol. The highest BCUT2D eigenvalue weighted by atomic mass is 28.3. The Balaban J connectivity index is 2.81. The lowest BCUT2D eigenvalue weighted by Gasteiger charge is -2.32. The predicted octanol–water partition coefficient (Wildman–Crippen LogP) is 4.99. The molecular formula is C29H44O2Si4. The molecule has 0 aromatic heterocycles. The van der Waals surface area contributed by atoms with Crippen LogP contribution in [0, 0.1) is 0 Å². The first kappa shape index (κ1) is 29.6. The summed E-state index contributed by atoms with van der Waals surface area (Å²) in [5.74, 6) is 2.24. The summed E-state index contributed by atoms with van der Waals surface area (Å²) in [6.07, 6.45) is 3.70. The van der Waals surface area contributed by atoms with Gasteiger partial charge in [0.25, 0.3) is 0 Å². The highest BCUT2D eigenvalue weighted by Gasteiger charge is 2.30. The van der Waals surface area contributed by atoms with Crippen molar-refractivity contribution in [1.29, 1.82) is 0 Å². The van der Waals surface area contributed by atoms with Gasteiger partial charge in [-0.3, -0.25) is 0 Å². The fourth-order valence-corrected chi connectivity index (χ4v) is 8.90. The Bertz CT molecular complexity index is 899. The Kier molecular flexibility index (Phi) is 10.6. The minimum Gasteiger partial charge on any atom is -0.490 e. The van der Waals surface area contributed by atoms with E-state index in [0.717, 1.165) is 11.5 Å². The molecule has 188 valence electrons. The van der Waals surface area contributed by atoms with E-state index in [2.05, 4.69) is 104 Å². The first-order valence-corrected chi connectivity index (χ1v) is 22.4. The van der Waals surface area contributed by atoms with Gasteiger partial charge in [-0.25, -0.2) is 0 Å². The van der Waals surface area contributed by atoms with Crippen LogP contribution in [0.15, 0.2) is 49.6 Å². The van der Waals surface area contributed by atoms with E-state index in [0.29, 0.717) is 13.2 Å². The molecule has 4 radical (unpaired) electrons. The van der Waals surface area contributed by atoms with Crippen molar-refractivity contribution in [3.05, 3.63) is 60.7 Å². The molecule has 0 saturated heterocycles. The van der Waals surface area contributed by atoms with Crippen LogP contribution in [0.5, 0.6) is 11.5 Å². The van der Waals surface area contributed by atoms with Crippen LogP contribution in [-0.2, 0) is 5.41 Å². The molecule has 0 atom stereocenters. The van der Waals surface area contributed by atoms with Crippen LogP contribution in [0.4, 0.5) is 0 Å². The van der Waals surface area contributed by atoms with Crippen LogP contribution in [0.2, 0.25) is 52.4 Å². The maximum atomic E-state index is 6.28. The molecule has 0 amide bonds. The van der Waals surface area contributed by atoms with Crippen LogP contribution in [0.3, 0.4) is 0 Å². The average molecular weight is 537 g/mol. The standard InChI is InChI=1S/C29H44O2Si4/c1-13-15-30-27-23(32(5)6)17-21(18-24(27)33(7)8)29(3,4)22-19-25(34(9)10)28(31-16-14-2)26(20-22)35(11)12/h13-14,17-20H,1-2,15-16H2,3-12H3. The van der Waals surface area contributed by atoms with Crippen molar-refractivity contribution < 1.29 is 9.47 Å². The zero-order valence-electron chi connectivity index (χ0n) is 23.6. The Labute approximate surface area is 221 Å². The van der Waals surface area contributed by atoms with Gasteiger partial charge in [0.05, 0.1) is 35.2 Å². The molecule has 0 saturated carbocycles. The van der Waals surface area contributed by atoms with Crippen LogP contribution in [0.25, 0.3) is 0 Å². The van der Waals surface area contributed by atoms with Crippen molar-refractivity contribution in [2.24, 2.45) is 0 Å². The SMILES string of the molecule is C=CCOc1c([Si](C)C)cc(C(C)(C)c2cc([Si](C)C)c(OCC=C)c([Si](C)C)c2)cc1[Si](C)C. The summed E-state index contributed by atoms with van der Waals surface area (Å²) in [7, 11) is -2.85. The fraction of sp³-hybridized carbons (Fsp3) is 0.448. The van der Waals surface area contributed by atoms with E-state index in [1.165, 1.54) is 31.9 Å². The maximum absolute atomic E-state index is 6.28. The lowest BCUT2D eigenvalue weighted by molar-refractivity contribution is 0.368. The Hall–Kier alpha value is -1.61. The van der Waals surface area contributed by atoms with Crippen molar-refractivity contribution >= 4 is 55.9 Å². The van der Waals surface area contributed by atoms with Crippen LogP contribution < -0.4 is 30.2 Å². The summed E-state index contributed by atoms with van der Waals surface area (Å²) in [4.78, 5) is 0. The van der Waals surface area contributed by atoms with Gasteiger partial charge in [-0.2, -0.15) is 0 Å². The molecule has 0 aliphatic heterocycles. The van der Waals surface area contributed by atoms with Crippen molar-refractivity contribution in [2.75, 3.05) is 13.2 Å². The van der Waals surface area contributed by atoms with Gasteiger partial charge in [-0.05, 0) is 31.9 Å². The van der Waals surface area contributed by atoms with E-state index in [9.17, 15) is 0 Å². The second kappa shape index (κ2) is 12.6. The summed E-state index contributed by atoms with van der Waals surface area (Å²) in [5.41, 5.74) is 2.67. The predicted molar refractivity (Wildman–Crippen MR) is 165 cm³/mol. The van der Waals surface area contributed by atoms with E-state index < -0.39 is 35.2 Å². The Morgan fingerprint density at radius 1 is 0.600 bits per heavy atom. The van der Waals surface area contributed by atoms with Crippen molar-refractivity contribution in [2.45, 2.75) is 71.6 Å². The minimum atomic E-state index is -0.712. The molecule has 0 heterocycles. The van der Waals surface area contributed by atoms with Gasteiger partial charge in [0.1, 0.15) is 24.7 Å². The summed E-state index contributed by atoms with van der Waals surface area (Å²) in [5, 5.41) is 5.62. The second-order valence-corrected chi connectivity index (χ2v) is 20.8. The van der Waals surface area contributed by atoms with Gasteiger partial charge in [-0.15, -0.1) is 0 Å². The molecule has 2 aromatic carbocycles. The third-order valence-electron chi connectivity index (χ3n) is 6.47. The van der Waals surface area contributed by atoms with Crippen LogP contribution in [-0.4, -0.2) is 48.4 Å². The Morgan fingerprint density at radius 3 is 1.06 bits per heavy atom. The molecule has 2 nitrogen and oxygen atoms in total. The number of rotatable bonds is 12. The zero-order valence-corrected chi connectivity index (χ0v) is 27.6. The molecule has 2 aromatic rings. The van der Waals surface area contributed by atoms with Gasteiger partial charge >= 0.3 is 0 Å². The molecule has 0 aliphatic carbocycles. The number of ether oxygens (including phenoxy) is 2.